The van der Waals surface area contributed by atoms with E-state index in [1.165, 1.54) is 12.3 Å². The number of aromatic nitrogens is 2. The lowest BCUT2D eigenvalue weighted by molar-refractivity contribution is 0.446. The van der Waals surface area contributed by atoms with Crippen LogP contribution in [-0.2, 0) is 0 Å². The maximum atomic E-state index is 13.6. The molecule has 2 aromatic heterocycles. The van der Waals surface area contributed by atoms with Crippen LogP contribution >= 0.6 is 11.6 Å². The molecule has 0 amide bonds. The summed E-state index contributed by atoms with van der Waals surface area (Å²) in [7, 11) is 0. The molecule has 3 aromatic rings. The Morgan fingerprint density at radius 2 is 1.89 bits per heavy atom. The summed E-state index contributed by atoms with van der Waals surface area (Å²) >= 11 is 5.72. The highest BCUT2D eigenvalue weighted by molar-refractivity contribution is 6.30. The van der Waals surface area contributed by atoms with E-state index in [9.17, 15) is 13.2 Å². The number of halogens is 4. The first kappa shape index (κ1) is 12.0. The maximum Gasteiger partial charge on any atom is 0.247 e. The highest BCUT2D eigenvalue weighted by Gasteiger charge is 2.19. The second kappa shape index (κ2) is 4.24. The van der Waals surface area contributed by atoms with Crippen LogP contribution in [0.5, 0.6) is 0 Å². The van der Waals surface area contributed by atoms with E-state index in [2.05, 4.69) is 9.97 Å². The SMILES string of the molecule is Fc1ccc(-c2nc3cc(Cl)cnc3o2)c(F)c1F. The molecule has 0 atom stereocenters. The van der Waals surface area contributed by atoms with E-state index in [-0.39, 0.29) is 17.2 Å². The zero-order valence-electron chi connectivity index (χ0n) is 9.12. The number of hydrogen-bond acceptors (Lipinski definition) is 3. The molecule has 0 aliphatic carbocycles. The van der Waals surface area contributed by atoms with Crippen LogP contribution in [-0.4, -0.2) is 9.97 Å². The average Bonchev–Trinajstić information content (AvgIpc) is 2.78. The van der Waals surface area contributed by atoms with Gasteiger partial charge in [0.1, 0.15) is 5.52 Å². The number of hydrogen-bond donors (Lipinski definition) is 0. The fourth-order valence-corrected chi connectivity index (χ4v) is 1.76. The van der Waals surface area contributed by atoms with Crippen LogP contribution in [0.3, 0.4) is 0 Å². The van der Waals surface area contributed by atoms with Gasteiger partial charge in [0.2, 0.25) is 11.6 Å². The van der Waals surface area contributed by atoms with Crippen molar-refractivity contribution in [3.05, 3.63) is 46.9 Å². The van der Waals surface area contributed by atoms with E-state index in [0.29, 0.717) is 10.5 Å². The van der Waals surface area contributed by atoms with Crippen molar-refractivity contribution in [3.8, 4) is 11.5 Å². The molecule has 0 fully saturated rings. The molecule has 0 spiro atoms. The molecule has 0 radical (unpaired) electrons. The minimum atomic E-state index is -1.58. The lowest BCUT2D eigenvalue weighted by Gasteiger charge is -1.99. The van der Waals surface area contributed by atoms with Gasteiger partial charge in [-0.05, 0) is 18.2 Å². The van der Waals surface area contributed by atoms with Gasteiger partial charge >= 0.3 is 0 Å². The van der Waals surface area contributed by atoms with Crippen molar-refractivity contribution in [2.45, 2.75) is 0 Å². The second-order valence-corrected chi connectivity index (χ2v) is 4.16. The van der Waals surface area contributed by atoms with E-state index in [1.807, 2.05) is 0 Å². The molecule has 0 unspecified atom stereocenters. The third-order valence-electron chi connectivity index (χ3n) is 2.48. The number of rotatable bonds is 1. The third kappa shape index (κ3) is 1.94. The summed E-state index contributed by atoms with van der Waals surface area (Å²) in [6.07, 6.45) is 1.33. The Hall–Kier alpha value is -2.08. The zero-order chi connectivity index (χ0) is 13.6. The van der Waals surface area contributed by atoms with Gasteiger partial charge in [0.15, 0.2) is 17.5 Å². The van der Waals surface area contributed by atoms with Gasteiger partial charge in [-0.2, -0.15) is 0 Å². The summed E-state index contributed by atoms with van der Waals surface area (Å²) in [6.45, 7) is 0. The molecular formula is C12H4ClF3N2O. The van der Waals surface area contributed by atoms with Crippen LogP contribution in [0.15, 0.2) is 28.8 Å². The Kier molecular flexibility index (Phi) is 2.67. The van der Waals surface area contributed by atoms with Crippen LogP contribution in [0.4, 0.5) is 13.2 Å². The number of oxazole rings is 1. The zero-order valence-corrected chi connectivity index (χ0v) is 9.88. The van der Waals surface area contributed by atoms with Crippen LogP contribution < -0.4 is 0 Å². The first-order valence-corrected chi connectivity index (χ1v) is 5.50. The van der Waals surface area contributed by atoms with E-state index in [4.69, 9.17) is 16.0 Å². The van der Waals surface area contributed by atoms with Gasteiger partial charge in [-0.25, -0.2) is 23.1 Å². The van der Waals surface area contributed by atoms with Crippen LogP contribution in [0, 0.1) is 17.5 Å². The van der Waals surface area contributed by atoms with Crippen molar-refractivity contribution in [2.75, 3.05) is 0 Å². The molecule has 0 saturated heterocycles. The Morgan fingerprint density at radius 3 is 2.68 bits per heavy atom. The predicted octanol–water partition coefficient (Wildman–Crippen LogP) is 3.96. The number of nitrogens with zero attached hydrogens (tertiary/aromatic N) is 2. The van der Waals surface area contributed by atoms with Gasteiger partial charge in [0, 0.05) is 6.20 Å². The summed E-state index contributed by atoms with van der Waals surface area (Å²) in [5, 5.41) is 0.332. The molecule has 2 heterocycles. The monoisotopic (exact) mass is 284 g/mol. The van der Waals surface area contributed by atoms with Crippen molar-refractivity contribution < 1.29 is 17.6 Å². The van der Waals surface area contributed by atoms with E-state index >= 15 is 0 Å². The van der Waals surface area contributed by atoms with Crippen LogP contribution in [0.1, 0.15) is 0 Å². The lowest BCUT2D eigenvalue weighted by Crippen LogP contribution is -1.93. The van der Waals surface area contributed by atoms with Crippen molar-refractivity contribution in [3.63, 3.8) is 0 Å². The van der Waals surface area contributed by atoms with Gasteiger partial charge in [0.05, 0.1) is 10.6 Å². The highest BCUT2D eigenvalue weighted by Crippen LogP contribution is 2.28. The molecule has 96 valence electrons. The van der Waals surface area contributed by atoms with Gasteiger partial charge in [-0.1, -0.05) is 11.6 Å². The number of pyridine rings is 1. The minimum Gasteiger partial charge on any atom is -0.418 e. The van der Waals surface area contributed by atoms with Crippen LogP contribution in [0.25, 0.3) is 22.7 Å². The molecule has 3 nitrogen and oxygen atoms in total. The number of fused-ring (bicyclic) bond motifs is 1. The molecule has 0 N–H and O–H groups in total. The van der Waals surface area contributed by atoms with Gasteiger partial charge in [0.25, 0.3) is 0 Å². The third-order valence-corrected chi connectivity index (χ3v) is 2.69. The molecule has 1 aromatic carbocycles. The molecule has 7 heteroatoms. The van der Waals surface area contributed by atoms with Gasteiger partial charge in [-0.15, -0.1) is 0 Å². The fraction of sp³-hybridized carbons (Fsp3) is 0. The minimum absolute atomic E-state index is 0.128. The largest absolute Gasteiger partial charge is 0.418 e. The smallest absolute Gasteiger partial charge is 0.247 e. The van der Waals surface area contributed by atoms with E-state index < -0.39 is 17.5 Å². The molecule has 3 rings (SSSR count). The second-order valence-electron chi connectivity index (χ2n) is 3.72. The van der Waals surface area contributed by atoms with Gasteiger partial charge < -0.3 is 4.42 Å². The standard InChI is InChI=1S/C12H4ClF3N2O/c13-5-3-8-12(17-4-5)19-11(18-8)6-1-2-7(14)10(16)9(6)15/h1-4H. The van der Waals surface area contributed by atoms with E-state index in [1.54, 1.807) is 0 Å². The van der Waals surface area contributed by atoms with E-state index in [0.717, 1.165) is 12.1 Å². The number of benzene rings is 1. The molecule has 0 bridgehead atoms. The maximum absolute atomic E-state index is 13.6. The van der Waals surface area contributed by atoms with Crippen LogP contribution in [0.2, 0.25) is 5.02 Å². The first-order valence-electron chi connectivity index (χ1n) is 5.12. The summed E-state index contributed by atoms with van der Waals surface area (Å²) in [4.78, 5) is 7.78. The summed E-state index contributed by atoms with van der Waals surface area (Å²) in [6, 6.07) is 3.30. The quantitative estimate of drug-likeness (QED) is 0.635. The Balaban J connectivity index is 2.22. The fourth-order valence-electron chi connectivity index (χ4n) is 1.60. The van der Waals surface area contributed by atoms with Crippen molar-refractivity contribution >= 4 is 22.8 Å². The predicted molar refractivity (Wildman–Crippen MR) is 62.1 cm³/mol. The Morgan fingerprint density at radius 1 is 1.11 bits per heavy atom. The molecular weight excluding hydrogens is 281 g/mol. The Labute approximate surface area is 109 Å². The summed E-state index contributed by atoms with van der Waals surface area (Å²) < 4.78 is 44.7. The molecule has 0 aliphatic heterocycles. The average molecular weight is 285 g/mol. The topological polar surface area (TPSA) is 38.9 Å². The van der Waals surface area contributed by atoms with Crippen molar-refractivity contribution in [1.29, 1.82) is 0 Å². The normalized spacial score (nSPS) is 11.2. The highest BCUT2D eigenvalue weighted by atomic mass is 35.5. The Bertz CT molecular complexity index is 788. The van der Waals surface area contributed by atoms with Crippen molar-refractivity contribution in [2.24, 2.45) is 0 Å². The molecule has 0 aliphatic rings. The first-order chi connectivity index (χ1) is 9.06. The summed E-state index contributed by atoms with van der Waals surface area (Å²) in [5.41, 5.74) is 0.142. The lowest BCUT2D eigenvalue weighted by atomic mass is 10.2. The molecule has 0 saturated carbocycles. The summed E-state index contributed by atoms with van der Waals surface area (Å²) in [5.74, 6) is -4.41. The van der Waals surface area contributed by atoms with Gasteiger partial charge in [-0.3, -0.25) is 0 Å². The van der Waals surface area contributed by atoms with Crippen molar-refractivity contribution in [1.82, 2.24) is 9.97 Å². The molecule has 19 heavy (non-hydrogen) atoms.